The minimum atomic E-state index is -0.992. The number of anilines is 1. The van der Waals surface area contributed by atoms with Gasteiger partial charge in [-0.2, -0.15) is 15.0 Å². The molecule has 5 rings (SSSR count). The molecular weight excluding hydrogens is 430 g/mol. The highest BCUT2D eigenvalue weighted by Crippen LogP contribution is 2.28. The molecule has 33 heavy (non-hydrogen) atoms. The van der Waals surface area contributed by atoms with Crippen LogP contribution >= 0.6 is 0 Å². The van der Waals surface area contributed by atoms with E-state index in [1.54, 1.807) is 18.2 Å². The van der Waals surface area contributed by atoms with Crippen molar-refractivity contribution >= 4 is 29.6 Å². The van der Waals surface area contributed by atoms with Crippen LogP contribution in [0.3, 0.4) is 0 Å². The molecule has 1 atom stereocenters. The summed E-state index contributed by atoms with van der Waals surface area (Å²) in [6, 6.07) is 4.12. The molecule has 12 heteroatoms. The lowest BCUT2D eigenvalue weighted by Crippen LogP contribution is -2.54. The van der Waals surface area contributed by atoms with Gasteiger partial charge in [-0.1, -0.05) is 6.07 Å². The first-order valence-corrected chi connectivity index (χ1v) is 10.5. The van der Waals surface area contributed by atoms with Gasteiger partial charge in [0, 0.05) is 32.0 Å². The SMILES string of the molecule is COc1nc(NCc2ccc3c(c2)C(=O)N(C2CCC(=O)NC2=O)C3=O)nc(C2CNC2)n1. The molecule has 170 valence electrons. The largest absolute Gasteiger partial charge is 0.467 e. The Balaban J connectivity index is 1.33. The van der Waals surface area contributed by atoms with E-state index in [0.717, 1.165) is 23.6 Å². The van der Waals surface area contributed by atoms with Gasteiger partial charge in [0.2, 0.25) is 17.8 Å². The fraction of sp³-hybridized carbons (Fsp3) is 0.381. The lowest BCUT2D eigenvalue weighted by molar-refractivity contribution is -0.136. The summed E-state index contributed by atoms with van der Waals surface area (Å²) in [6.45, 7) is 1.87. The van der Waals surface area contributed by atoms with Crippen molar-refractivity contribution in [2.75, 3.05) is 25.5 Å². The number of hydrogen-bond acceptors (Lipinski definition) is 10. The number of aromatic nitrogens is 3. The highest BCUT2D eigenvalue weighted by molar-refractivity contribution is 6.23. The van der Waals surface area contributed by atoms with E-state index in [-0.39, 0.29) is 35.9 Å². The van der Waals surface area contributed by atoms with E-state index >= 15 is 0 Å². The molecule has 4 heterocycles. The molecule has 0 aliphatic carbocycles. The van der Waals surface area contributed by atoms with Gasteiger partial charge in [-0.25, -0.2) is 0 Å². The first-order valence-electron chi connectivity index (χ1n) is 10.5. The van der Waals surface area contributed by atoms with E-state index < -0.39 is 29.7 Å². The third kappa shape index (κ3) is 3.78. The Labute approximate surface area is 188 Å². The second-order valence-electron chi connectivity index (χ2n) is 8.04. The smallest absolute Gasteiger partial charge is 0.321 e. The van der Waals surface area contributed by atoms with Gasteiger partial charge in [-0.3, -0.25) is 29.4 Å². The highest BCUT2D eigenvalue weighted by Gasteiger charge is 2.44. The van der Waals surface area contributed by atoms with Crippen LogP contribution in [-0.4, -0.2) is 69.7 Å². The number of rotatable bonds is 6. The van der Waals surface area contributed by atoms with Crippen molar-refractivity contribution in [1.29, 1.82) is 0 Å². The van der Waals surface area contributed by atoms with Crippen LogP contribution in [0.2, 0.25) is 0 Å². The Morgan fingerprint density at radius 3 is 2.58 bits per heavy atom. The van der Waals surface area contributed by atoms with Crippen molar-refractivity contribution in [3.05, 3.63) is 40.7 Å². The number of methoxy groups -OCH3 is 1. The Morgan fingerprint density at radius 1 is 1.09 bits per heavy atom. The number of carbonyl (C=O) groups is 4. The van der Waals surface area contributed by atoms with Gasteiger partial charge < -0.3 is 15.4 Å². The maximum atomic E-state index is 13.0. The molecule has 2 fully saturated rings. The standard InChI is InChI=1S/C21H21N7O5/c1-33-21-26-16(11-8-22-9-11)25-20(27-21)23-7-10-2-3-12-13(6-10)19(32)28(18(12)31)14-4-5-15(29)24-17(14)30/h2-3,6,11,14,22H,4-5,7-9H2,1H3,(H,24,29,30)(H,23,25,26,27). The van der Waals surface area contributed by atoms with Crippen LogP contribution in [-0.2, 0) is 16.1 Å². The third-order valence-electron chi connectivity index (χ3n) is 5.92. The zero-order valence-electron chi connectivity index (χ0n) is 17.8. The molecule has 3 aliphatic heterocycles. The molecular formula is C21H21N7O5. The highest BCUT2D eigenvalue weighted by atomic mass is 16.5. The molecule has 1 unspecified atom stereocenters. The maximum Gasteiger partial charge on any atom is 0.321 e. The first kappa shape index (κ1) is 20.9. The molecule has 0 saturated carbocycles. The summed E-state index contributed by atoms with van der Waals surface area (Å²) < 4.78 is 5.17. The van der Waals surface area contributed by atoms with E-state index in [2.05, 4.69) is 30.9 Å². The number of fused-ring (bicyclic) bond motifs is 1. The van der Waals surface area contributed by atoms with Crippen molar-refractivity contribution in [2.24, 2.45) is 0 Å². The molecule has 1 aromatic heterocycles. The Bertz CT molecular complexity index is 1180. The van der Waals surface area contributed by atoms with Crippen LogP contribution < -0.4 is 20.7 Å². The van der Waals surface area contributed by atoms with Crippen LogP contribution in [0.4, 0.5) is 5.95 Å². The van der Waals surface area contributed by atoms with Gasteiger partial charge in [-0.15, -0.1) is 0 Å². The average Bonchev–Trinajstić information content (AvgIpc) is 3.01. The van der Waals surface area contributed by atoms with Crippen molar-refractivity contribution < 1.29 is 23.9 Å². The minimum absolute atomic E-state index is 0.0767. The summed E-state index contributed by atoms with van der Waals surface area (Å²) in [7, 11) is 1.49. The van der Waals surface area contributed by atoms with Crippen molar-refractivity contribution in [3.63, 3.8) is 0 Å². The number of hydrogen-bond donors (Lipinski definition) is 3. The molecule has 0 spiro atoms. The van der Waals surface area contributed by atoms with E-state index in [0.29, 0.717) is 18.3 Å². The quantitative estimate of drug-likeness (QED) is 0.493. The van der Waals surface area contributed by atoms with Gasteiger partial charge in [0.25, 0.3) is 11.8 Å². The lowest BCUT2D eigenvalue weighted by atomic mass is 10.0. The molecule has 1 aromatic carbocycles. The summed E-state index contributed by atoms with van der Waals surface area (Å²) in [6.07, 6.45) is 0.192. The van der Waals surface area contributed by atoms with E-state index in [4.69, 9.17) is 4.74 Å². The molecule has 12 nitrogen and oxygen atoms in total. The Kier molecular flexibility index (Phi) is 5.21. The summed E-state index contributed by atoms with van der Waals surface area (Å²) >= 11 is 0. The molecule has 4 amide bonds. The fourth-order valence-corrected chi connectivity index (χ4v) is 4.01. The average molecular weight is 451 g/mol. The zero-order valence-corrected chi connectivity index (χ0v) is 17.8. The minimum Gasteiger partial charge on any atom is -0.467 e. The number of nitrogens with one attached hydrogen (secondary N) is 3. The second-order valence-corrected chi connectivity index (χ2v) is 8.04. The van der Waals surface area contributed by atoms with Gasteiger partial charge in [0.1, 0.15) is 11.9 Å². The maximum absolute atomic E-state index is 13.0. The second kappa shape index (κ2) is 8.20. The molecule has 3 N–H and O–H groups in total. The number of carbonyl (C=O) groups excluding carboxylic acids is 4. The Morgan fingerprint density at radius 2 is 1.88 bits per heavy atom. The van der Waals surface area contributed by atoms with Crippen molar-refractivity contribution in [3.8, 4) is 6.01 Å². The van der Waals surface area contributed by atoms with Crippen LogP contribution in [0, 0.1) is 0 Å². The normalized spacial score (nSPS) is 20.4. The van der Waals surface area contributed by atoms with E-state index in [1.165, 1.54) is 7.11 Å². The number of ether oxygens (including phenoxy) is 1. The summed E-state index contributed by atoms with van der Waals surface area (Å²) in [5, 5.41) is 8.47. The summed E-state index contributed by atoms with van der Waals surface area (Å²) in [5.41, 5.74) is 1.18. The number of imide groups is 2. The molecule has 0 radical (unpaired) electrons. The molecule has 2 saturated heterocycles. The molecule has 3 aliphatic rings. The molecule has 0 bridgehead atoms. The number of nitrogens with zero attached hydrogens (tertiary/aromatic N) is 4. The van der Waals surface area contributed by atoms with Gasteiger partial charge in [0.15, 0.2) is 0 Å². The lowest BCUT2D eigenvalue weighted by Gasteiger charge is -2.27. The molecule has 2 aromatic rings. The number of piperidine rings is 1. The van der Waals surface area contributed by atoms with Crippen molar-refractivity contribution in [1.82, 2.24) is 30.5 Å². The zero-order chi connectivity index (χ0) is 23.1. The summed E-state index contributed by atoms with van der Waals surface area (Å²) in [4.78, 5) is 63.3. The van der Waals surface area contributed by atoms with Crippen LogP contribution in [0.1, 0.15) is 50.9 Å². The van der Waals surface area contributed by atoms with Gasteiger partial charge in [0.05, 0.1) is 18.2 Å². The van der Waals surface area contributed by atoms with Crippen LogP contribution in [0.25, 0.3) is 0 Å². The van der Waals surface area contributed by atoms with E-state index in [9.17, 15) is 19.2 Å². The first-order chi connectivity index (χ1) is 15.9. The predicted molar refractivity (Wildman–Crippen MR) is 112 cm³/mol. The fourth-order valence-electron chi connectivity index (χ4n) is 4.01. The monoisotopic (exact) mass is 451 g/mol. The Hall–Kier alpha value is -3.93. The van der Waals surface area contributed by atoms with Gasteiger partial charge >= 0.3 is 6.01 Å². The van der Waals surface area contributed by atoms with Crippen molar-refractivity contribution in [2.45, 2.75) is 31.3 Å². The van der Waals surface area contributed by atoms with Crippen LogP contribution in [0.15, 0.2) is 18.2 Å². The number of benzene rings is 1. The van der Waals surface area contributed by atoms with Gasteiger partial charge in [-0.05, 0) is 24.1 Å². The van der Waals surface area contributed by atoms with Crippen LogP contribution in [0.5, 0.6) is 6.01 Å². The summed E-state index contributed by atoms with van der Waals surface area (Å²) in [5.74, 6) is -0.950. The van der Waals surface area contributed by atoms with E-state index in [1.807, 2.05) is 0 Å². The third-order valence-corrected chi connectivity index (χ3v) is 5.92. The topological polar surface area (TPSA) is 156 Å². The number of amides is 4. The predicted octanol–water partition coefficient (Wildman–Crippen LogP) is -0.420.